The van der Waals surface area contributed by atoms with Crippen LogP contribution in [0.4, 0.5) is 0 Å². The van der Waals surface area contributed by atoms with Crippen LogP contribution in [0.2, 0.25) is 0 Å². The number of hydrogen-bond acceptors (Lipinski definition) is 3. The van der Waals surface area contributed by atoms with Gasteiger partial charge in [0.15, 0.2) is 0 Å². The lowest BCUT2D eigenvalue weighted by Crippen LogP contribution is -2.55. The Bertz CT molecular complexity index is 353. The number of unbranched alkanes of at least 4 members (excludes halogenated alkanes) is 12. The van der Waals surface area contributed by atoms with Crippen LogP contribution in [0, 0.1) is 0 Å². The Labute approximate surface area is 162 Å². The maximum Gasteiger partial charge on any atom is 0.119 e. The minimum atomic E-state index is -1.06. The van der Waals surface area contributed by atoms with Gasteiger partial charge in [-0.2, -0.15) is 0 Å². The van der Waals surface area contributed by atoms with E-state index in [2.05, 4.69) is 6.92 Å². The number of carbonyl (C=O) groups excluding carboxylic acids is 1. The third kappa shape index (κ3) is 16.8. The lowest BCUT2D eigenvalue weighted by molar-refractivity contribution is -0.891. The van der Waals surface area contributed by atoms with Crippen molar-refractivity contribution < 1.29 is 19.5 Å². The molecule has 0 aromatic rings. The first-order valence-corrected chi connectivity index (χ1v) is 10.9. The van der Waals surface area contributed by atoms with Crippen molar-refractivity contribution in [3.8, 4) is 0 Å². The molecule has 0 saturated carbocycles. The summed E-state index contributed by atoms with van der Waals surface area (Å²) in [6, 6.07) is 0. The minimum absolute atomic E-state index is 0.0608. The van der Waals surface area contributed by atoms with Crippen molar-refractivity contribution in [3.63, 3.8) is 0 Å². The molecule has 0 fully saturated rings. The van der Waals surface area contributed by atoms with Gasteiger partial charge in [-0.25, -0.2) is 0 Å². The van der Waals surface area contributed by atoms with Crippen LogP contribution in [0.1, 0.15) is 104 Å². The van der Waals surface area contributed by atoms with Gasteiger partial charge < -0.3 is 19.5 Å². The van der Waals surface area contributed by atoms with Gasteiger partial charge in [0, 0.05) is 0 Å². The average Bonchev–Trinajstić information content (AvgIpc) is 2.49. The van der Waals surface area contributed by atoms with Gasteiger partial charge in [0.05, 0.1) is 20.1 Å². The number of likely N-dealkylation sites (N-methyl/N-ethyl adjacent to an activating group) is 1. The molecule has 0 aliphatic rings. The van der Waals surface area contributed by atoms with Crippen molar-refractivity contribution in [1.29, 1.82) is 0 Å². The highest BCUT2D eigenvalue weighted by atomic mass is 16.4. The van der Waals surface area contributed by atoms with Crippen LogP contribution < -0.4 is 5.11 Å². The average molecular weight is 372 g/mol. The van der Waals surface area contributed by atoms with Crippen molar-refractivity contribution in [3.05, 3.63) is 0 Å². The molecule has 0 heterocycles. The quantitative estimate of drug-likeness (QED) is 0.292. The van der Waals surface area contributed by atoms with Crippen molar-refractivity contribution in [2.45, 2.75) is 109 Å². The molecule has 0 aliphatic heterocycles. The maximum atomic E-state index is 10.8. The van der Waals surface area contributed by atoms with Gasteiger partial charge in [0.1, 0.15) is 18.7 Å². The number of aliphatic carboxylic acids is 1. The largest absolute Gasteiger partial charge is 0.544 e. The van der Waals surface area contributed by atoms with E-state index in [1.54, 1.807) is 0 Å². The predicted molar refractivity (Wildman–Crippen MR) is 108 cm³/mol. The summed E-state index contributed by atoms with van der Waals surface area (Å²) in [6.45, 7) is 4.47. The molecule has 0 aliphatic carbocycles. The van der Waals surface area contributed by atoms with Gasteiger partial charge in [-0.1, -0.05) is 90.4 Å². The van der Waals surface area contributed by atoms with Crippen LogP contribution >= 0.6 is 0 Å². The summed E-state index contributed by atoms with van der Waals surface area (Å²) in [5.74, 6) is -1.06. The highest BCUT2D eigenvalue weighted by Gasteiger charge is 2.30. The first-order chi connectivity index (χ1) is 12.2. The molecule has 0 aromatic carbocycles. The second-order valence-electron chi connectivity index (χ2n) is 9.11. The lowest BCUT2D eigenvalue weighted by atomic mass is 9.96. The Balaban J connectivity index is 3.55. The number of aliphatic hydroxyl groups is 1. The Morgan fingerprint density at radius 3 is 1.62 bits per heavy atom. The lowest BCUT2D eigenvalue weighted by Gasteiger charge is -2.36. The summed E-state index contributed by atoms with van der Waals surface area (Å²) in [5.41, 5.74) is -0.809. The standard InChI is InChI=1S/C22H45NO3/c1-5-6-7-8-9-10-11-12-13-14-15-16-17-18-22(2,26)20-23(3,4)19-21(24)25/h26H,5-20H2,1-4H3. The normalized spacial score (nSPS) is 14.3. The van der Waals surface area contributed by atoms with Crippen molar-refractivity contribution in [1.82, 2.24) is 0 Å². The second kappa shape index (κ2) is 14.4. The number of hydrogen-bond donors (Lipinski definition) is 1. The summed E-state index contributed by atoms with van der Waals surface area (Å²) >= 11 is 0. The second-order valence-corrected chi connectivity index (χ2v) is 9.11. The summed E-state index contributed by atoms with van der Waals surface area (Å²) in [7, 11) is 3.65. The molecule has 156 valence electrons. The molecule has 0 bridgehead atoms. The van der Waals surface area contributed by atoms with E-state index in [0.29, 0.717) is 6.54 Å². The minimum Gasteiger partial charge on any atom is -0.544 e. The van der Waals surface area contributed by atoms with E-state index in [1.165, 1.54) is 70.6 Å². The highest BCUT2D eigenvalue weighted by Crippen LogP contribution is 2.19. The fourth-order valence-electron chi connectivity index (χ4n) is 3.93. The third-order valence-corrected chi connectivity index (χ3v) is 5.14. The van der Waals surface area contributed by atoms with Gasteiger partial charge in [-0.15, -0.1) is 0 Å². The number of carboxylic acid groups (broad SMARTS) is 1. The molecule has 0 aromatic heterocycles. The van der Waals surface area contributed by atoms with Crippen LogP contribution in [0.5, 0.6) is 0 Å². The SMILES string of the molecule is CCCCCCCCCCCCCCCC(C)(O)C[N+](C)(C)CC(=O)[O-]. The first-order valence-electron chi connectivity index (χ1n) is 10.9. The van der Waals surface area contributed by atoms with Gasteiger partial charge in [0.2, 0.25) is 0 Å². The van der Waals surface area contributed by atoms with Gasteiger partial charge in [-0.05, 0) is 13.3 Å². The molecule has 1 atom stereocenters. The molecule has 0 rings (SSSR count). The molecule has 1 N–H and O–H groups in total. The van der Waals surface area contributed by atoms with E-state index in [-0.39, 0.29) is 11.0 Å². The Hall–Kier alpha value is -0.610. The van der Waals surface area contributed by atoms with Gasteiger partial charge in [0.25, 0.3) is 0 Å². The molecule has 0 radical (unpaired) electrons. The molecule has 0 amide bonds. The predicted octanol–water partition coefficient (Wildman–Crippen LogP) is 4.05. The Kier molecular flexibility index (Phi) is 14.1. The van der Waals surface area contributed by atoms with E-state index in [4.69, 9.17) is 0 Å². The summed E-state index contributed by atoms with van der Waals surface area (Å²) < 4.78 is 0.258. The molecule has 0 saturated heterocycles. The van der Waals surface area contributed by atoms with E-state index >= 15 is 0 Å². The van der Waals surface area contributed by atoms with Crippen molar-refractivity contribution in [2.24, 2.45) is 0 Å². The van der Waals surface area contributed by atoms with E-state index in [9.17, 15) is 15.0 Å². The van der Waals surface area contributed by atoms with Crippen LogP contribution in [0.15, 0.2) is 0 Å². The fourth-order valence-corrected chi connectivity index (χ4v) is 3.93. The zero-order chi connectivity index (χ0) is 19.9. The highest BCUT2D eigenvalue weighted by molar-refractivity contribution is 5.65. The molecule has 0 spiro atoms. The first kappa shape index (κ1) is 25.4. The zero-order valence-electron chi connectivity index (χ0n) is 18.0. The van der Waals surface area contributed by atoms with Crippen LogP contribution in [0.25, 0.3) is 0 Å². The third-order valence-electron chi connectivity index (χ3n) is 5.14. The van der Waals surface area contributed by atoms with E-state index in [1.807, 2.05) is 21.0 Å². The van der Waals surface area contributed by atoms with Crippen molar-refractivity contribution >= 4 is 5.97 Å². The Morgan fingerprint density at radius 1 is 0.846 bits per heavy atom. The van der Waals surface area contributed by atoms with Crippen LogP contribution in [-0.4, -0.2) is 48.3 Å². The molecule has 4 heteroatoms. The van der Waals surface area contributed by atoms with Gasteiger partial charge >= 0.3 is 0 Å². The van der Waals surface area contributed by atoms with Crippen LogP contribution in [-0.2, 0) is 4.79 Å². The molecule has 4 nitrogen and oxygen atoms in total. The summed E-state index contributed by atoms with van der Waals surface area (Å²) in [4.78, 5) is 10.8. The number of rotatable bonds is 18. The van der Waals surface area contributed by atoms with Gasteiger partial charge in [-0.3, -0.25) is 0 Å². The molecule has 26 heavy (non-hydrogen) atoms. The number of nitrogens with zero attached hydrogens (tertiary/aromatic N) is 1. The number of carbonyl (C=O) groups is 1. The van der Waals surface area contributed by atoms with Crippen LogP contribution in [0.3, 0.4) is 0 Å². The molecular formula is C22H45NO3. The maximum absolute atomic E-state index is 10.8. The summed E-state index contributed by atoms with van der Waals surface area (Å²) in [6.07, 6.45) is 17.8. The molecular weight excluding hydrogens is 326 g/mol. The van der Waals surface area contributed by atoms with E-state index in [0.717, 1.165) is 19.3 Å². The zero-order valence-corrected chi connectivity index (χ0v) is 18.0. The monoisotopic (exact) mass is 371 g/mol. The number of quaternary nitrogens is 1. The topological polar surface area (TPSA) is 60.4 Å². The summed E-state index contributed by atoms with van der Waals surface area (Å²) in [5, 5.41) is 21.3. The van der Waals surface area contributed by atoms with Crippen molar-refractivity contribution in [2.75, 3.05) is 27.2 Å². The Morgan fingerprint density at radius 2 is 1.23 bits per heavy atom. The molecule has 1 unspecified atom stereocenters. The smallest absolute Gasteiger partial charge is 0.119 e. The van der Waals surface area contributed by atoms with E-state index < -0.39 is 11.6 Å². The fraction of sp³-hybridized carbons (Fsp3) is 0.955. The number of carboxylic acids is 1.